The summed E-state index contributed by atoms with van der Waals surface area (Å²) in [5, 5.41) is 12.6. The van der Waals surface area contributed by atoms with Crippen LogP contribution in [0.25, 0.3) is 0 Å². The SMILES string of the molecule is C=CC(=O)Nc1ccc([N+](=O)[O-])c(F)c1. The number of hydrogen-bond acceptors (Lipinski definition) is 3. The molecule has 1 aromatic rings. The van der Waals surface area contributed by atoms with Crippen LogP contribution < -0.4 is 5.32 Å². The molecular formula is C9H7FN2O3. The molecule has 0 unspecified atom stereocenters. The zero-order valence-electron chi connectivity index (χ0n) is 7.57. The topological polar surface area (TPSA) is 72.2 Å². The molecule has 6 heteroatoms. The second-order valence-corrected chi connectivity index (χ2v) is 2.62. The molecule has 1 N–H and O–H groups in total. The summed E-state index contributed by atoms with van der Waals surface area (Å²) in [6.45, 7) is 3.21. The molecule has 1 rings (SSSR count). The summed E-state index contributed by atoms with van der Waals surface area (Å²) < 4.78 is 13.0. The number of nitrogens with one attached hydrogen (secondary N) is 1. The number of amides is 1. The van der Waals surface area contributed by atoms with Crippen LogP contribution >= 0.6 is 0 Å². The minimum atomic E-state index is -0.998. The molecule has 0 radical (unpaired) electrons. The summed E-state index contributed by atoms with van der Waals surface area (Å²) in [5.74, 6) is -1.51. The van der Waals surface area contributed by atoms with Gasteiger partial charge in [-0.2, -0.15) is 4.39 Å². The number of benzene rings is 1. The van der Waals surface area contributed by atoms with Crippen molar-refractivity contribution in [2.75, 3.05) is 5.32 Å². The van der Waals surface area contributed by atoms with Crippen molar-refractivity contribution in [3.05, 3.63) is 46.8 Å². The highest BCUT2D eigenvalue weighted by molar-refractivity contribution is 5.98. The van der Waals surface area contributed by atoms with Gasteiger partial charge >= 0.3 is 5.69 Å². The van der Waals surface area contributed by atoms with Crippen molar-refractivity contribution in [1.82, 2.24) is 0 Å². The number of carbonyl (C=O) groups excluding carboxylic acids is 1. The highest BCUT2D eigenvalue weighted by Crippen LogP contribution is 2.20. The van der Waals surface area contributed by atoms with Gasteiger partial charge in [0, 0.05) is 17.8 Å². The van der Waals surface area contributed by atoms with Crippen LogP contribution in [0, 0.1) is 15.9 Å². The zero-order valence-corrected chi connectivity index (χ0v) is 7.57. The number of hydrogen-bond donors (Lipinski definition) is 1. The monoisotopic (exact) mass is 210 g/mol. The fourth-order valence-electron chi connectivity index (χ4n) is 0.926. The highest BCUT2D eigenvalue weighted by Gasteiger charge is 2.13. The number of anilines is 1. The molecule has 0 heterocycles. The second kappa shape index (κ2) is 4.32. The van der Waals surface area contributed by atoms with Gasteiger partial charge in [-0.3, -0.25) is 14.9 Å². The van der Waals surface area contributed by atoms with Crippen molar-refractivity contribution in [2.24, 2.45) is 0 Å². The minimum absolute atomic E-state index is 0.142. The lowest BCUT2D eigenvalue weighted by molar-refractivity contribution is -0.387. The number of halogens is 1. The molecule has 0 fully saturated rings. The summed E-state index contributed by atoms with van der Waals surface area (Å²) in [5.41, 5.74) is -0.491. The molecule has 1 amide bonds. The lowest BCUT2D eigenvalue weighted by Gasteiger charge is -2.01. The van der Waals surface area contributed by atoms with Gasteiger partial charge in [0.25, 0.3) is 0 Å². The first-order valence-corrected chi connectivity index (χ1v) is 3.92. The predicted octanol–water partition coefficient (Wildman–Crippen LogP) is 1.86. The Hall–Kier alpha value is -2.24. The first-order chi connectivity index (χ1) is 7.04. The van der Waals surface area contributed by atoms with Crippen LogP contribution in [0.1, 0.15) is 0 Å². The third-order valence-electron chi connectivity index (χ3n) is 1.60. The Labute approximate surface area is 84.4 Å². The fourth-order valence-corrected chi connectivity index (χ4v) is 0.926. The van der Waals surface area contributed by atoms with Gasteiger partial charge in [-0.1, -0.05) is 6.58 Å². The van der Waals surface area contributed by atoms with Gasteiger partial charge < -0.3 is 5.32 Å². The molecule has 0 saturated heterocycles. The third kappa shape index (κ3) is 2.60. The van der Waals surface area contributed by atoms with Crippen LogP contribution in [0.2, 0.25) is 0 Å². The Morgan fingerprint density at radius 1 is 1.60 bits per heavy atom. The molecule has 0 bridgehead atoms. The number of carbonyl (C=O) groups is 1. The van der Waals surface area contributed by atoms with Crippen LogP contribution in [0.3, 0.4) is 0 Å². The number of rotatable bonds is 3. The molecule has 0 aromatic heterocycles. The quantitative estimate of drug-likeness (QED) is 0.470. The van der Waals surface area contributed by atoms with Crippen LogP contribution in [0.15, 0.2) is 30.9 Å². The van der Waals surface area contributed by atoms with Gasteiger partial charge in [0.05, 0.1) is 4.92 Å². The lowest BCUT2D eigenvalue weighted by Crippen LogP contribution is -2.07. The van der Waals surface area contributed by atoms with E-state index in [1.807, 2.05) is 0 Å². The molecule has 5 nitrogen and oxygen atoms in total. The second-order valence-electron chi connectivity index (χ2n) is 2.62. The van der Waals surface area contributed by atoms with Gasteiger partial charge in [0.15, 0.2) is 0 Å². The Bertz CT molecular complexity index is 431. The summed E-state index contributed by atoms with van der Waals surface area (Å²) in [4.78, 5) is 20.3. The summed E-state index contributed by atoms with van der Waals surface area (Å²) in [7, 11) is 0. The molecule has 0 aliphatic rings. The van der Waals surface area contributed by atoms with E-state index in [4.69, 9.17) is 0 Å². The normalized spacial score (nSPS) is 9.40. The Morgan fingerprint density at radius 2 is 2.27 bits per heavy atom. The van der Waals surface area contributed by atoms with Gasteiger partial charge in [-0.25, -0.2) is 0 Å². The maximum atomic E-state index is 13.0. The molecule has 0 saturated carbocycles. The molecule has 0 aliphatic heterocycles. The fraction of sp³-hybridized carbons (Fsp3) is 0. The van der Waals surface area contributed by atoms with E-state index in [0.717, 1.165) is 18.2 Å². The van der Waals surface area contributed by atoms with Crippen LogP contribution in [-0.2, 0) is 4.79 Å². The average Bonchev–Trinajstić information content (AvgIpc) is 2.17. The van der Waals surface area contributed by atoms with Gasteiger partial charge in [0.1, 0.15) is 0 Å². The van der Waals surface area contributed by atoms with E-state index in [1.54, 1.807) is 0 Å². The standard InChI is InChI=1S/C9H7FN2O3/c1-2-9(13)11-6-3-4-8(12(14)15)7(10)5-6/h2-5H,1H2,(H,11,13). The summed E-state index contributed by atoms with van der Waals surface area (Å²) in [6.07, 6.45) is 1.01. The van der Waals surface area contributed by atoms with Crippen molar-refractivity contribution in [1.29, 1.82) is 0 Å². The summed E-state index contributed by atoms with van der Waals surface area (Å²) >= 11 is 0. The Balaban J connectivity index is 2.96. The van der Waals surface area contributed by atoms with Crippen LogP contribution in [0.4, 0.5) is 15.8 Å². The van der Waals surface area contributed by atoms with E-state index in [-0.39, 0.29) is 5.69 Å². The van der Waals surface area contributed by atoms with E-state index in [0.29, 0.717) is 0 Å². The zero-order chi connectivity index (χ0) is 11.4. The van der Waals surface area contributed by atoms with Gasteiger partial charge in [0.2, 0.25) is 11.7 Å². The highest BCUT2D eigenvalue weighted by atomic mass is 19.1. The largest absolute Gasteiger partial charge is 0.322 e. The molecule has 0 aliphatic carbocycles. The van der Waals surface area contributed by atoms with Crippen molar-refractivity contribution in [2.45, 2.75) is 0 Å². The molecular weight excluding hydrogens is 203 g/mol. The van der Waals surface area contributed by atoms with E-state index < -0.39 is 22.3 Å². The van der Waals surface area contributed by atoms with Crippen molar-refractivity contribution in [3.63, 3.8) is 0 Å². The van der Waals surface area contributed by atoms with Crippen molar-refractivity contribution < 1.29 is 14.1 Å². The molecule has 1 aromatic carbocycles. The molecule has 78 valence electrons. The van der Waals surface area contributed by atoms with Crippen LogP contribution in [0.5, 0.6) is 0 Å². The average molecular weight is 210 g/mol. The van der Waals surface area contributed by atoms with E-state index >= 15 is 0 Å². The van der Waals surface area contributed by atoms with Crippen molar-refractivity contribution >= 4 is 17.3 Å². The first kappa shape index (κ1) is 10.8. The van der Waals surface area contributed by atoms with E-state index in [2.05, 4.69) is 11.9 Å². The van der Waals surface area contributed by atoms with Crippen LogP contribution in [-0.4, -0.2) is 10.8 Å². The number of nitro benzene ring substituents is 1. The van der Waals surface area contributed by atoms with Gasteiger partial charge in [-0.05, 0) is 12.1 Å². The maximum absolute atomic E-state index is 13.0. The van der Waals surface area contributed by atoms with Crippen molar-refractivity contribution in [3.8, 4) is 0 Å². The minimum Gasteiger partial charge on any atom is -0.322 e. The van der Waals surface area contributed by atoms with E-state index in [1.165, 1.54) is 6.07 Å². The number of nitrogens with zero attached hydrogens (tertiary/aromatic N) is 1. The molecule has 0 spiro atoms. The smallest absolute Gasteiger partial charge is 0.304 e. The van der Waals surface area contributed by atoms with Gasteiger partial charge in [-0.15, -0.1) is 0 Å². The summed E-state index contributed by atoms with van der Waals surface area (Å²) in [6, 6.07) is 3.09. The third-order valence-corrected chi connectivity index (χ3v) is 1.60. The van der Waals surface area contributed by atoms with E-state index in [9.17, 15) is 19.3 Å². The Kier molecular flexibility index (Phi) is 3.12. The lowest BCUT2D eigenvalue weighted by atomic mass is 10.2. The molecule has 0 atom stereocenters. The maximum Gasteiger partial charge on any atom is 0.304 e. The Morgan fingerprint density at radius 3 is 2.73 bits per heavy atom. The molecule has 15 heavy (non-hydrogen) atoms. The first-order valence-electron chi connectivity index (χ1n) is 3.92. The number of nitro groups is 1. The predicted molar refractivity (Wildman–Crippen MR) is 51.9 cm³/mol.